The van der Waals surface area contributed by atoms with Crippen LogP contribution in [-0.4, -0.2) is 21.0 Å². The lowest BCUT2D eigenvalue weighted by Gasteiger charge is -2.38. The van der Waals surface area contributed by atoms with Gasteiger partial charge in [0.05, 0.1) is 0 Å². The quantitative estimate of drug-likeness (QED) is 0.813. The van der Waals surface area contributed by atoms with E-state index in [4.69, 9.17) is 0 Å². The molecule has 20 heavy (non-hydrogen) atoms. The number of rotatable bonds is 7. The molecule has 2 aliphatic rings. The van der Waals surface area contributed by atoms with Crippen molar-refractivity contribution >= 4 is 21.4 Å². The van der Waals surface area contributed by atoms with Gasteiger partial charge in [0.15, 0.2) is 0 Å². The molecule has 0 bridgehead atoms. The minimum absolute atomic E-state index is 0.167. The molecule has 0 amide bonds. The number of nitrogens with one attached hydrogen (secondary N) is 2. The molecular formula is C14H22N2O2S2. The maximum absolute atomic E-state index is 12.3. The van der Waals surface area contributed by atoms with Crippen LogP contribution in [0.5, 0.6) is 0 Å². The average molecular weight is 314 g/mol. The summed E-state index contributed by atoms with van der Waals surface area (Å²) in [7, 11) is -3.33. The van der Waals surface area contributed by atoms with E-state index in [0.29, 0.717) is 16.8 Å². The third-order valence-corrected chi connectivity index (χ3v) is 7.27. The van der Waals surface area contributed by atoms with E-state index in [0.717, 1.165) is 24.3 Å². The monoisotopic (exact) mass is 314 g/mol. The summed E-state index contributed by atoms with van der Waals surface area (Å²) >= 11 is 1.37. The molecule has 2 fully saturated rings. The highest BCUT2D eigenvalue weighted by Gasteiger charge is 2.33. The van der Waals surface area contributed by atoms with Gasteiger partial charge in [0.1, 0.15) is 4.21 Å². The Bertz CT molecular complexity index is 572. The predicted molar refractivity (Wildman–Crippen MR) is 81.3 cm³/mol. The van der Waals surface area contributed by atoms with Gasteiger partial charge in [-0.3, -0.25) is 0 Å². The molecule has 2 N–H and O–H groups in total. The van der Waals surface area contributed by atoms with Crippen molar-refractivity contribution in [1.82, 2.24) is 10.0 Å². The van der Waals surface area contributed by atoms with Crippen LogP contribution in [0.3, 0.4) is 0 Å². The van der Waals surface area contributed by atoms with E-state index >= 15 is 0 Å². The van der Waals surface area contributed by atoms with Gasteiger partial charge in [0, 0.05) is 24.0 Å². The number of hydrogen-bond acceptors (Lipinski definition) is 4. The summed E-state index contributed by atoms with van der Waals surface area (Å²) in [5.41, 5.74) is 0.167. The number of sulfonamides is 1. The van der Waals surface area contributed by atoms with E-state index in [1.165, 1.54) is 30.6 Å². The summed E-state index contributed by atoms with van der Waals surface area (Å²) in [6.07, 6.45) is 5.95. The second-order valence-electron chi connectivity index (χ2n) is 6.36. The van der Waals surface area contributed by atoms with Crippen molar-refractivity contribution in [3.63, 3.8) is 0 Å². The van der Waals surface area contributed by atoms with Gasteiger partial charge >= 0.3 is 0 Å². The smallest absolute Gasteiger partial charge is 0.250 e. The summed E-state index contributed by atoms with van der Waals surface area (Å²) in [4.78, 5) is 1.09. The summed E-state index contributed by atoms with van der Waals surface area (Å²) < 4.78 is 27.7. The lowest BCUT2D eigenvalue weighted by Crippen LogP contribution is -2.39. The Hall–Kier alpha value is -0.430. The molecule has 2 saturated carbocycles. The van der Waals surface area contributed by atoms with Gasteiger partial charge in [-0.2, -0.15) is 0 Å². The highest BCUT2D eigenvalue weighted by molar-refractivity contribution is 7.91. The van der Waals surface area contributed by atoms with Crippen LogP contribution >= 0.6 is 11.3 Å². The Morgan fingerprint density at radius 1 is 1.35 bits per heavy atom. The third kappa shape index (κ3) is 3.42. The van der Waals surface area contributed by atoms with Crippen molar-refractivity contribution in [2.45, 2.75) is 55.8 Å². The van der Waals surface area contributed by atoms with Crippen LogP contribution in [0.2, 0.25) is 0 Å². The molecule has 0 atom stereocenters. The molecule has 1 heterocycles. The Labute approximate surface area is 125 Å². The molecular weight excluding hydrogens is 292 g/mol. The second-order valence-corrected chi connectivity index (χ2v) is 9.53. The largest absolute Gasteiger partial charge is 0.309 e. The van der Waals surface area contributed by atoms with Crippen molar-refractivity contribution in [2.75, 3.05) is 6.54 Å². The molecule has 112 valence electrons. The first-order valence-electron chi connectivity index (χ1n) is 7.29. The topological polar surface area (TPSA) is 58.2 Å². The van der Waals surface area contributed by atoms with Gasteiger partial charge in [-0.25, -0.2) is 13.1 Å². The highest BCUT2D eigenvalue weighted by Crippen LogP contribution is 2.39. The van der Waals surface area contributed by atoms with E-state index in [1.807, 2.05) is 6.07 Å². The van der Waals surface area contributed by atoms with Crippen LogP contribution in [-0.2, 0) is 16.6 Å². The van der Waals surface area contributed by atoms with E-state index in [9.17, 15) is 8.42 Å². The van der Waals surface area contributed by atoms with Crippen molar-refractivity contribution in [1.29, 1.82) is 0 Å². The van der Waals surface area contributed by atoms with Crippen LogP contribution in [0.25, 0.3) is 0 Å². The van der Waals surface area contributed by atoms with E-state index in [-0.39, 0.29) is 5.41 Å². The second kappa shape index (κ2) is 5.40. The molecule has 1 aromatic rings. The van der Waals surface area contributed by atoms with Gasteiger partial charge in [-0.15, -0.1) is 11.3 Å². The molecule has 0 aromatic carbocycles. The first-order chi connectivity index (χ1) is 9.47. The van der Waals surface area contributed by atoms with Crippen molar-refractivity contribution in [3.05, 3.63) is 17.0 Å². The first-order valence-corrected chi connectivity index (χ1v) is 9.59. The van der Waals surface area contributed by atoms with Crippen LogP contribution in [0, 0.1) is 5.41 Å². The summed E-state index contributed by atoms with van der Waals surface area (Å²) in [5.74, 6) is 0. The lowest BCUT2D eigenvalue weighted by molar-refractivity contribution is 0.166. The highest BCUT2D eigenvalue weighted by atomic mass is 32.2. The molecule has 2 aliphatic carbocycles. The van der Waals surface area contributed by atoms with Gasteiger partial charge in [-0.05, 0) is 43.2 Å². The van der Waals surface area contributed by atoms with Gasteiger partial charge < -0.3 is 5.32 Å². The zero-order valence-corrected chi connectivity index (χ0v) is 13.4. The van der Waals surface area contributed by atoms with Gasteiger partial charge in [0.25, 0.3) is 0 Å². The molecule has 0 unspecified atom stereocenters. The molecule has 1 aromatic heterocycles. The first kappa shape index (κ1) is 14.5. The summed E-state index contributed by atoms with van der Waals surface area (Å²) in [5, 5.41) is 3.41. The van der Waals surface area contributed by atoms with Crippen molar-refractivity contribution < 1.29 is 8.42 Å². The molecule has 0 aliphatic heterocycles. The number of hydrogen-bond donors (Lipinski definition) is 2. The predicted octanol–water partition coefficient (Wildman–Crippen LogP) is 2.47. The van der Waals surface area contributed by atoms with E-state index in [1.54, 1.807) is 6.07 Å². The Kier molecular flexibility index (Phi) is 3.92. The molecule has 4 nitrogen and oxygen atoms in total. The van der Waals surface area contributed by atoms with Crippen LogP contribution in [0.4, 0.5) is 0 Å². The minimum Gasteiger partial charge on any atom is -0.309 e. The normalized spacial score (nSPS) is 21.6. The lowest BCUT2D eigenvalue weighted by atomic mass is 9.71. The average Bonchev–Trinajstić information content (AvgIpc) is 3.08. The van der Waals surface area contributed by atoms with Crippen LogP contribution < -0.4 is 10.0 Å². The zero-order valence-electron chi connectivity index (χ0n) is 11.8. The number of thiophene rings is 1. The maximum atomic E-state index is 12.3. The summed E-state index contributed by atoms with van der Waals surface area (Å²) in [6.45, 7) is 3.49. The Morgan fingerprint density at radius 2 is 2.10 bits per heavy atom. The van der Waals surface area contributed by atoms with E-state index in [2.05, 4.69) is 17.0 Å². The van der Waals surface area contributed by atoms with Gasteiger partial charge in [-0.1, -0.05) is 13.3 Å². The Morgan fingerprint density at radius 3 is 2.70 bits per heavy atom. The molecule has 0 saturated heterocycles. The SMILES string of the molecule is CC1(CNS(=O)(=O)c2ccc(CNC3CC3)s2)CCC1. The fourth-order valence-electron chi connectivity index (χ4n) is 2.43. The standard InChI is InChI=1S/C14H22N2O2S2/c1-14(7-2-8-14)10-16-20(17,18)13-6-5-12(19-13)9-15-11-3-4-11/h5-6,11,15-16H,2-4,7-10H2,1H3. The zero-order chi connectivity index (χ0) is 14.2. The molecule has 0 radical (unpaired) electrons. The Balaban J connectivity index is 1.58. The van der Waals surface area contributed by atoms with Crippen LogP contribution in [0.1, 0.15) is 43.9 Å². The fraction of sp³-hybridized carbons (Fsp3) is 0.714. The fourth-order valence-corrected chi connectivity index (χ4v) is 4.98. The molecule has 6 heteroatoms. The molecule has 3 rings (SSSR count). The third-order valence-electron chi connectivity index (χ3n) is 4.29. The van der Waals surface area contributed by atoms with E-state index < -0.39 is 10.0 Å². The molecule has 0 spiro atoms. The maximum Gasteiger partial charge on any atom is 0.250 e. The summed E-state index contributed by atoms with van der Waals surface area (Å²) in [6, 6.07) is 4.29. The van der Waals surface area contributed by atoms with Crippen molar-refractivity contribution in [2.24, 2.45) is 5.41 Å². The van der Waals surface area contributed by atoms with Gasteiger partial charge in [0.2, 0.25) is 10.0 Å². The van der Waals surface area contributed by atoms with Crippen molar-refractivity contribution in [3.8, 4) is 0 Å². The van der Waals surface area contributed by atoms with Crippen LogP contribution in [0.15, 0.2) is 16.3 Å². The minimum atomic E-state index is -3.33.